The number of rotatable bonds is 6. The van der Waals surface area contributed by atoms with Crippen molar-refractivity contribution < 1.29 is 49.6 Å². The second-order valence-electron chi connectivity index (χ2n) is 5.72. The molecular weight excluding hydrogens is 376 g/mol. The summed E-state index contributed by atoms with van der Waals surface area (Å²) in [6.45, 7) is 0.317. The van der Waals surface area contributed by atoms with Crippen LogP contribution in [0.25, 0.3) is 0 Å². The third-order valence-corrected chi connectivity index (χ3v) is 5.15. The third kappa shape index (κ3) is 4.60. The molecule has 1 atom stereocenters. The summed E-state index contributed by atoms with van der Waals surface area (Å²) in [6.07, 6.45) is -2.37. The first kappa shape index (κ1) is 21.6. The summed E-state index contributed by atoms with van der Waals surface area (Å²) in [5.41, 5.74) is -0.846. The molecular formula is C13H18F4O7S. The molecule has 0 amide bonds. The quantitative estimate of drug-likeness (QED) is 0.418. The van der Waals surface area contributed by atoms with E-state index in [0.29, 0.717) is 19.3 Å². The Morgan fingerprint density at radius 2 is 1.64 bits per heavy atom. The molecule has 0 aromatic carbocycles. The molecule has 1 aliphatic carbocycles. The van der Waals surface area contributed by atoms with Gasteiger partial charge in [0.25, 0.3) is 0 Å². The lowest BCUT2D eigenvalue weighted by Gasteiger charge is -2.35. The van der Waals surface area contributed by atoms with Gasteiger partial charge in [0.1, 0.15) is 5.60 Å². The minimum atomic E-state index is -6.53. The van der Waals surface area contributed by atoms with Gasteiger partial charge in [-0.3, -0.25) is 4.55 Å². The van der Waals surface area contributed by atoms with E-state index in [9.17, 15) is 35.6 Å². The Kier molecular flexibility index (Phi) is 6.43. The van der Waals surface area contributed by atoms with Crippen LogP contribution in [0.2, 0.25) is 0 Å². The zero-order chi connectivity index (χ0) is 19.5. The van der Waals surface area contributed by atoms with Gasteiger partial charge in [0.15, 0.2) is 6.61 Å². The van der Waals surface area contributed by atoms with Crippen LogP contribution in [0.15, 0.2) is 0 Å². The van der Waals surface area contributed by atoms with Gasteiger partial charge in [-0.05, 0) is 32.1 Å². The molecule has 1 N–H and O–H groups in total. The van der Waals surface area contributed by atoms with Gasteiger partial charge in [-0.1, -0.05) is 13.3 Å². The van der Waals surface area contributed by atoms with Crippen LogP contribution >= 0.6 is 0 Å². The second-order valence-corrected chi connectivity index (χ2v) is 7.23. The standard InChI is InChI=1S/C13H18F4O7S/c1-2-11(6-4-3-5-7-11)24-9(18)8-23-10(19)12(14,13(15,16)17)25(20,21)22/h2-8H2,1H3,(H,20,21,22). The lowest BCUT2D eigenvalue weighted by Crippen LogP contribution is -2.55. The van der Waals surface area contributed by atoms with E-state index in [0.717, 1.165) is 19.3 Å². The van der Waals surface area contributed by atoms with Crippen molar-refractivity contribution in [2.45, 2.75) is 62.2 Å². The largest absolute Gasteiger partial charge is 0.457 e. The molecule has 0 aliphatic heterocycles. The highest BCUT2D eigenvalue weighted by Gasteiger charge is 2.72. The van der Waals surface area contributed by atoms with Crippen molar-refractivity contribution in [3.8, 4) is 0 Å². The van der Waals surface area contributed by atoms with Crippen molar-refractivity contribution >= 4 is 22.1 Å². The van der Waals surface area contributed by atoms with E-state index in [1.165, 1.54) is 0 Å². The van der Waals surface area contributed by atoms with Crippen molar-refractivity contribution in [1.82, 2.24) is 0 Å². The fourth-order valence-electron chi connectivity index (χ4n) is 2.58. The van der Waals surface area contributed by atoms with Gasteiger partial charge in [0.2, 0.25) is 0 Å². The number of halogens is 4. The molecule has 12 heteroatoms. The maximum Gasteiger partial charge on any atom is 0.451 e. The summed E-state index contributed by atoms with van der Waals surface area (Å²) in [6, 6.07) is 0. The van der Waals surface area contributed by atoms with Crippen LogP contribution in [0.3, 0.4) is 0 Å². The van der Waals surface area contributed by atoms with Crippen LogP contribution in [0.1, 0.15) is 45.4 Å². The second kappa shape index (κ2) is 7.44. The topological polar surface area (TPSA) is 107 Å². The van der Waals surface area contributed by atoms with Gasteiger partial charge in [-0.25, -0.2) is 14.0 Å². The molecule has 1 saturated carbocycles. The zero-order valence-corrected chi connectivity index (χ0v) is 14.1. The molecule has 1 rings (SSSR count). The summed E-state index contributed by atoms with van der Waals surface area (Å²) >= 11 is 0. The molecule has 0 radical (unpaired) electrons. The molecule has 0 aromatic rings. The van der Waals surface area contributed by atoms with Crippen LogP contribution < -0.4 is 0 Å². The summed E-state index contributed by atoms with van der Waals surface area (Å²) in [5.74, 6) is -4.20. The first-order valence-electron chi connectivity index (χ1n) is 7.41. The van der Waals surface area contributed by atoms with Gasteiger partial charge in [-0.15, -0.1) is 0 Å². The normalized spacial score (nSPS) is 20.4. The van der Waals surface area contributed by atoms with Gasteiger partial charge < -0.3 is 9.47 Å². The number of esters is 2. The Balaban J connectivity index is 2.79. The number of carbonyl (C=O) groups is 2. The van der Waals surface area contributed by atoms with Crippen molar-refractivity contribution in [2.24, 2.45) is 0 Å². The molecule has 25 heavy (non-hydrogen) atoms. The van der Waals surface area contributed by atoms with Crippen LogP contribution in [0.4, 0.5) is 17.6 Å². The smallest absolute Gasteiger partial charge is 0.451 e. The highest BCUT2D eigenvalue weighted by atomic mass is 32.2. The van der Waals surface area contributed by atoms with E-state index in [2.05, 4.69) is 4.74 Å². The first-order chi connectivity index (χ1) is 11.3. The van der Waals surface area contributed by atoms with E-state index >= 15 is 0 Å². The van der Waals surface area contributed by atoms with Crippen molar-refractivity contribution in [3.63, 3.8) is 0 Å². The Labute approximate surface area is 141 Å². The van der Waals surface area contributed by atoms with E-state index in [-0.39, 0.29) is 0 Å². The molecule has 1 fully saturated rings. The average Bonchev–Trinajstić information content (AvgIpc) is 2.50. The molecule has 0 aromatic heterocycles. The molecule has 146 valence electrons. The number of ether oxygens (including phenoxy) is 2. The maximum atomic E-state index is 13.7. The summed E-state index contributed by atoms with van der Waals surface area (Å²) < 4.78 is 89.9. The average molecular weight is 394 g/mol. The van der Waals surface area contributed by atoms with Crippen LogP contribution in [0, 0.1) is 0 Å². The number of hydrogen-bond donors (Lipinski definition) is 1. The Morgan fingerprint density at radius 3 is 2.04 bits per heavy atom. The minimum absolute atomic E-state index is 0.424. The lowest BCUT2D eigenvalue weighted by molar-refractivity contribution is -0.217. The fourth-order valence-corrected chi connectivity index (χ4v) is 3.14. The van der Waals surface area contributed by atoms with E-state index in [1.54, 1.807) is 6.92 Å². The van der Waals surface area contributed by atoms with E-state index in [4.69, 9.17) is 9.29 Å². The van der Waals surface area contributed by atoms with Crippen molar-refractivity contribution in [2.75, 3.05) is 6.61 Å². The first-order valence-corrected chi connectivity index (χ1v) is 8.85. The van der Waals surface area contributed by atoms with Gasteiger partial charge >= 0.3 is 33.2 Å². The Hall–Kier alpha value is -1.43. The number of alkyl halides is 4. The predicted octanol–water partition coefficient (Wildman–Crippen LogP) is 2.30. The van der Waals surface area contributed by atoms with Crippen LogP contribution in [-0.2, 0) is 29.2 Å². The highest BCUT2D eigenvalue weighted by molar-refractivity contribution is 7.88. The summed E-state index contributed by atoms with van der Waals surface area (Å²) in [4.78, 5) is 22.9. The zero-order valence-electron chi connectivity index (χ0n) is 13.3. The molecule has 7 nitrogen and oxygen atoms in total. The highest BCUT2D eigenvalue weighted by Crippen LogP contribution is 2.39. The van der Waals surface area contributed by atoms with Gasteiger partial charge in [-0.2, -0.15) is 21.6 Å². The van der Waals surface area contributed by atoms with Crippen molar-refractivity contribution in [3.05, 3.63) is 0 Å². The predicted molar refractivity (Wildman–Crippen MR) is 74.6 cm³/mol. The van der Waals surface area contributed by atoms with Crippen LogP contribution in [0.5, 0.6) is 0 Å². The molecule has 0 spiro atoms. The number of hydrogen-bond acceptors (Lipinski definition) is 6. The van der Waals surface area contributed by atoms with E-state index in [1.807, 2.05) is 0 Å². The Bertz CT molecular complexity index is 610. The maximum absolute atomic E-state index is 13.7. The molecule has 0 bridgehead atoms. The van der Waals surface area contributed by atoms with Gasteiger partial charge in [0.05, 0.1) is 0 Å². The van der Waals surface area contributed by atoms with E-state index < -0.39 is 45.4 Å². The third-order valence-electron chi connectivity index (χ3n) is 4.04. The van der Waals surface area contributed by atoms with Crippen LogP contribution in [-0.4, -0.2) is 48.3 Å². The monoisotopic (exact) mass is 394 g/mol. The SMILES string of the molecule is CCC1(OC(=O)COC(=O)C(F)(C(F)(F)F)S(=O)(=O)O)CCCCC1. The van der Waals surface area contributed by atoms with Crippen molar-refractivity contribution in [1.29, 1.82) is 0 Å². The molecule has 1 unspecified atom stereocenters. The Morgan fingerprint density at radius 1 is 1.12 bits per heavy atom. The minimum Gasteiger partial charge on any atom is -0.457 e. The lowest BCUT2D eigenvalue weighted by atomic mass is 9.83. The molecule has 0 saturated heterocycles. The summed E-state index contributed by atoms with van der Waals surface area (Å²) in [7, 11) is -6.53. The van der Waals surface area contributed by atoms with Gasteiger partial charge in [0, 0.05) is 0 Å². The molecule has 0 heterocycles. The number of carbonyl (C=O) groups excluding carboxylic acids is 2. The summed E-state index contributed by atoms with van der Waals surface area (Å²) in [5, 5.41) is -5.69. The molecule has 1 aliphatic rings. The fraction of sp³-hybridized carbons (Fsp3) is 0.846.